The van der Waals surface area contributed by atoms with Gasteiger partial charge in [0.05, 0.1) is 12.6 Å². The number of ether oxygens (including phenoxy) is 1. The topological polar surface area (TPSA) is 78.8 Å². The average Bonchev–Trinajstić information content (AvgIpc) is 2.88. The van der Waals surface area contributed by atoms with Gasteiger partial charge in [-0.3, -0.25) is 0 Å². The van der Waals surface area contributed by atoms with Crippen LogP contribution in [-0.4, -0.2) is 33.4 Å². The van der Waals surface area contributed by atoms with Crippen LogP contribution in [0.3, 0.4) is 0 Å². The summed E-state index contributed by atoms with van der Waals surface area (Å²) < 4.78 is 7.17. The highest BCUT2D eigenvalue weighted by atomic mass is 16.5. The van der Waals surface area contributed by atoms with Crippen molar-refractivity contribution in [3.8, 4) is 11.4 Å². The average molecular weight is 261 g/mol. The molecule has 1 heterocycles. The molecule has 0 fully saturated rings. The Morgan fingerprint density at radius 2 is 2.21 bits per heavy atom. The van der Waals surface area contributed by atoms with Crippen LogP contribution in [0, 0.1) is 6.92 Å². The molecule has 0 aliphatic rings. The number of nitrogens with zero attached hydrogens (tertiary/aromatic N) is 4. The van der Waals surface area contributed by atoms with Crippen LogP contribution in [0.2, 0.25) is 0 Å². The molecule has 0 saturated carbocycles. The van der Waals surface area contributed by atoms with Gasteiger partial charge in [-0.05, 0) is 43.3 Å². The lowest BCUT2D eigenvalue weighted by molar-refractivity contribution is 0.115. The van der Waals surface area contributed by atoms with Crippen molar-refractivity contribution in [2.75, 3.05) is 18.9 Å². The van der Waals surface area contributed by atoms with Gasteiger partial charge in [0.15, 0.2) is 5.82 Å². The first-order valence-corrected chi connectivity index (χ1v) is 6.35. The maximum Gasteiger partial charge on any atom is 0.184 e. The van der Waals surface area contributed by atoms with Crippen molar-refractivity contribution >= 4 is 5.69 Å². The third kappa shape index (κ3) is 2.90. The molecule has 0 bridgehead atoms. The van der Waals surface area contributed by atoms with Gasteiger partial charge in [0.1, 0.15) is 0 Å². The smallest absolute Gasteiger partial charge is 0.184 e. The molecule has 1 unspecified atom stereocenters. The van der Waals surface area contributed by atoms with Gasteiger partial charge in [-0.2, -0.15) is 0 Å². The Hall–Kier alpha value is -1.95. The zero-order chi connectivity index (χ0) is 13.8. The predicted molar refractivity (Wildman–Crippen MR) is 73.6 cm³/mol. The highest BCUT2D eigenvalue weighted by molar-refractivity contribution is 5.72. The van der Waals surface area contributed by atoms with E-state index in [0.717, 1.165) is 11.1 Å². The Morgan fingerprint density at radius 1 is 1.42 bits per heavy atom. The number of benzene rings is 1. The second-order valence-corrected chi connectivity index (χ2v) is 4.55. The highest BCUT2D eigenvalue weighted by Gasteiger charge is 2.16. The molecule has 0 saturated heterocycles. The minimum absolute atomic E-state index is 0.0601. The monoisotopic (exact) mass is 261 g/mol. The molecular weight excluding hydrogens is 242 g/mol. The first-order chi connectivity index (χ1) is 9.13. The molecule has 2 N–H and O–H groups in total. The molecule has 1 aromatic heterocycles. The molecule has 2 rings (SSSR count). The molecule has 102 valence electrons. The summed E-state index contributed by atoms with van der Waals surface area (Å²) in [6, 6.07) is 5.89. The molecule has 0 spiro atoms. The van der Waals surface area contributed by atoms with Gasteiger partial charge in [-0.25, -0.2) is 4.68 Å². The van der Waals surface area contributed by atoms with E-state index in [0.29, 0.717) is 24.7 Å². The largest absolute Gasteiger partial charge is 0.398 e. The molecular formula is C13H19N5O. The van der Waals surface area contributed by atoms with Gasteiger partial charge in [0, 0.05) is 17.9 Å². The van der Waals surface area contributed by atoms with Gasteiger partial charge in [0.2, 0.25) is 0 Å². The van der Waals surface area contributed by atoms with E-state index in [-0.39, 0.29) is 6.04 Å². The highest BCUT2D eigenvalue weighted by Crippen LogP contribution is 2.26. The van der Waals surface area contributed by atoms with Crippen molar-refractivity contribution in [1.82, 2.24) is 20.2 Å². The Morgan fingerprint density at radius 3 is 2.95 bits per heavy atom. The van der Waals surface area contributed by atoms with Crippen molar-refractivity contribution in [3.63, 3.8) is 0 Å². The van der Waals surface area contributed by atoms with E-state index in [9.17, 15) is 0 Å². The van der Waals surface area contributed by atoms with Crippen LogP contribution < -0.4 is 5.73 Å². The second-order valence-electron chi connectivity index (χ2n) is 4.55. The van der Waals surface area contributed by atoms with Gasteiger partial charge in [-0.15, -0.1) is 5.10 Å². The number of aromatic nitrogens is 4. The van der Waals surface area contributed by atoms with Crippen LogP contribution in [0.4, 0.5) is 5.69 Å². The van der Waals surface area contributed by atoms with E-state index in [4.69, 9.17) is 10.5 Å². The fourth-order valence-corrected chi connectivity index (χ4v) is 1.89. The standard InChI is InChI=1S/C13H19N5O/c1-4-19-8-10(3)18-13(15-16-17-18)11-7-9(2)5-6-12(11)14/h5-7,10H,4,8,14H2,1-3H3. The van der Waals surface area contributed by atoms with E-state index in [1.807, 2.05) is 39.0 Å². The SMILES string of the molecule is CCOCC(C)n1nnnc1-c1cc(C)ccc1N. The first-order valence-electron chi connectivity index (χ1n) is 6.35. The number of nitrogen functional groups attached to an aromatic ring is 1. The quantitative estimate of drug-likeness (QED) is 0.831. The second kappa shape index (κ2) is 5.79. The van der Waals surface area contributed by atoms with Crippen molar-refractivity contribution in [2.24, 2.45) is 0 Å². The lowest BCUT2D eigenvalue weighted by Gasteiger charge is -2.14. The van der Waals surface area contributed by atoms with E-state index < -0.39 is 0 Å². The van der Waals surface area contributed by atoms with E-state index >= 15 is 0 Å². The maximum atomic E-state index is 6.01. The Labute approximate surface area is 112 Å². The molecule has 0 aliphatic heterocycles. The van der Waals surface area contributed by atoms with Crippen LogP contribution >= 0.6 is 0 Å². The minimum atomic E-state index is 0.0601. The van der Waals surface area contributed by atoms with E-state index in [1.54, 1.807) is 4.68 Å². The maximum absolute atomic E-state index is 6.01. The van der Waals surface area contributed by atoms with Crippen molar-refractivity contribution in [3.05, 3.63) is 23.8 Å². The Bertz CT molecular complexity index is 552. The number of hydrogen-bond donors (Lipinski definition) is 1. The summed E-state index contributed by atoms with van der Waals surface area (Å²) in [5.41, 5.74) is 8.66. The molecule has 6 nitrogen and oxygen atoms in total. The number of rotatable bonds is 5. The third-order valence-corrected chi connectivity index (χ3v) is 2.92. The van der Waals surface area contributed by atoms with Gasteiger partial charge >= 0.3 is 0 Å². The molecule has 1 aromatic carbocycles. The summed E-state index contributed by atoms with van der Waals surface area (Å²) in [5, 5.41) is 11.9. The molecule has 0 radical (unpaired) electrons. The van der Waals surface area contributed by atoms with E-state index in [2.05, 4.69) is 15.5 Å². The van der Waals surface area contributed by atoms with Crippen molar-refractivity contribution in [1.29, 1.82) is 0 Å². The summed E-state index contributed by atoms with van der Waals surface area (Å²) in [5.74, 6) is 0.674. The van der Waals surface area contributed by atoms with Crippen LogP contribution in [0.25, 0.3) is 11.4 Å². The van der Waals surface area contributed by atoms with Gasteiger partial charge < -0.3 is 10.5 Å². The summed E-state index contributed by atoms with van der Waals surface area (Å²) >= 11 is 0. The van der Waals surface area contributed by atoms with Gasteiger partial charge in [0.25, 0.3) is 0 Å². The predicted octanol–water partition coefficient (Wildman–Crippen LogP) is 1.83. The fraction of sp³-hybridized carbons (Fsp3) is 0.462. The summed E-state index contributed by atoms with van der Waals surface area (Å²) in [6.07, 6.45) is 0. The van der Waals surface area contributed by atoms with Crippen molar-refractivity contribution in [2.45, 2.75) is 26.8 Å². The Balaban J connectivity index is 2.35. The summed E-state index contributed by atoms with van der Waals surface area (Å²) in [7, 11) is 0. The molecule has 6 heteroatoms. The zero-order valence-electron chi connectivity index (χ0n) is 11.5. The van der Waals surface area contributed by atoms with Crippen LogP contribution in [0.5, 0.6) is 0 Å². The normalized spacial score (nSPS) is 12.6. The lowest BCUT2D eigenvalue weighted by atomic mass is 10.1. The van der Waals surface area contributed by atoms with Crippen LogP contribution in [0.15, 0.2) is 18.2 Å². The third-order valence-electron chi connectivity index (χ3n) is 2.92. The lowest BCUT2D eigenvalue weighted by Crippen LogP contribution is -2.15. The minimum Gasteiger partial charge on any atom is -0.398 e. The fourth-order valence-electron chi connectivity index (χ4n) is 1.89. The van der Waals surface area contributed by atoms with Crippen LogP contribution in [-0.2, 0) is 4.74 Å². The van der Waals surface area contributed by atoms with E-state index in [1.165, 1.54) is 0 Å². The molecule has 1 atom stereocenters. The number of hydrogen-bond acceptors (Lipinski definition) is 5. The Kier molecular flexibility index (Phi) is 4.11. The summed E-state index contributed by atoms with van der Waals surface area (Å²) in [6.45, 7) is 7.24. The van der Waals surface area contributed by atoms with Crippen molar-refractivity contribution < 1.29 is 4.74 Å². The number of tetrazole rings is 1. The zero-order valence-corrected chi connectivity index (χ0v) is 11.5. The molecule has 2 aromatic rings. The number of anilines is 1. The molecule has 0 amide bonds. The first kappa shape index (κ1) is 13.5. The molecule has 0 aliphatic carbocycles. The summed E-state index contributed by atoms with van der Waals surface area (Å²) in [4.78, 5) is 0. The van der Waals surface area contributed by atoms with Crippen LogP contribution in [0.1, 0.15) is 25.5 Å². The number of nitrogens with two attached hydrogens (primary N) is 1. The van der Waals surface area contributed by atoms with Gasteiger partial charge in [-0.1, -0.05) is 11.6 Å². The number of aryl methyl sites for hydroxylation is 1. The molecule has 19 heavy (non-hydrogen) atoms.